The average Bonchev–Trinajstić information content (AvgIpc) is 3.75. The van der Waals surface area contributed by atoms with Crippen LogP contribution >= 0.6 is 22.7 Å². The molecule has 21 heteroatoms. The summed E-state index contributed by atoms with van der Waals surface area (Å²) >= 11 is 2.52. The molecule has 3 N–H and O–H groups in total. The van der Waals surface area contributed by atoms with Gasteiger partial charge < -0.3 is 24.6 Å². The zero-order valence-electron chi connectivity index (χ0n) is 27.4. The maximum atomic E-state index is 12.9. The Balaban J connectivity index is 0.000000215. The number of rotatable bonds is 6. The van der Waals surface area contributed by atoms with Crippen LogP contribution in [-0.4, -0.2) is 123 Å². The van der Waals surface area contributed by atoms with Crippen LogP contribution in [0.25, 0.3) is 20.7 Å². The summed E-state index contributed by atoms with van der Waals surface area (Å²) in [6.07, 6.45) is -1.57. The number of nitrogens with zero attached hydrogens (tertiary/aromatic N) is 9. The molecule has 1 aromatic carbocycles. The lowest BCUT2D eigenvalue weighted by Gasteiger charge is -2.34. The van der Waals surface area contributed by atoms with Gasteiger partial charge in [0.05, 0.1) is 19.8 Å². The summed E-state index contributed by atoms with van der Waals surface area (Å²) in [5, 5.41) is 9.66. The third-order valence-electron chi connectivity index (χ3n) is 7.86. The lowest BCUT2D eigenvalue weighted by molar-refractivity contribution is -0.137. The van der Waals surface area contributed by atoms with Gasteiger partial charge in [-0.1, -0.05) is 48.3 Å². The van der Waals surface area contributed by atoms with E-state index in [0.717, 1.165) is 19.2 Å². The lowest BCUT2D eigenvalue weighted by atomic mass is 10.1. The summed E-state index contributed by atoms with van der Waals surface area (Å²) < 4.78 is 49.0. The Kier molecular flexibility index (Phi) is 12.5. The number of nitrogens with one attached hydrogen (secondary N) is 3. The van der Waals surface area contributed by atoms with E-state index in [1.54, 1.807) is 15.9 Å². The minimum Gasteiger partial charge on any atom is -0.479 e. The molecule has 0 bridgehead atoms. The molecule has 4 amide bonds. The molecule has 2 saturated heterocycles. The van der Waals surface area contributed by atoms with Gasteiger partial charge in [-0.05, 0) is 11.6 Å². The van der Waals surface area contributed by atoms with Gasteiger partial charge in [-0.15, -0.1) is 0 Å². The summed E-state index contributed by atoms with van der Waals surface area (Å²) in [6.45, 7) is 5.44. The highest BCUT2D eigenvalue weighted by molar-refractivity contribution is 7.22. The van der Waals surface area contributed by atoms with Crippen LogP contribution in [0.3, 0.4) is 0 Å². The monoisotopic (exact) mass is 762 g/mol. The van der Waals surface area contributed by atoms with E-state index in [4.69, 9.17) is 9.47 Å². The largest absolute Gasteiger partial charge is 0.479 e. The zero-order chi connectivity index (χ0) is 36.0. The first-order chi connectivity index (χ1) is 24.6. The summed E-state index contributed by atoms with van der Waals surface area (Å²) in [5.74, 6) is 0.749. The van der Waals surface area contributed by atoms with Gasteiger partial charge in [0.2, 0.25) is 11.8 Å². The molecule has 4 aromatic heterocycles. The van der Waals surface area contributed by atoms with Crippen LogP contribution in [0.4, 0.5) is 33.0 Å². The molecule has 0 unspecified atom stereocenters. The first-order valence-electron chi connectivity index (χ1n) is 15.6. The zero-order valence-corrected chi connectivity index (χ0v) is 29.1. The average molecular weight is 763 g/mol. The second-order valence-electron chi connectivity index (χ2n) is 11.2. The first-order valence-corrected chi connectivity index (χ1v) is 17.3. The molecular weight excluding hydrogens is 726 g/mol. The number of benzene rings is 1. The van der Waals surface area contributed by atoms with Crippen LogP contribution in [0.15, 0.2) is 36.9 Å². The normalized spacial score (nSPS) is 15.0. The Bertz CT molecular complexity index is 1980. The van der Waals surface area contributed by atoms with Gasteiger partial charge in [0.15, 0.2) is 31.0 Å². The fourth-order valence-electron chi connectivity index (χ4n) is 5.30. The molecule has 52 heavy (non-hydrogen) atoms. The van der Waals surface area contributed by atoms with Crippen LogP contribution in [-0.2, 0) is 12.7 Å². The second-order valence-corrected chi connectivity index (χ2v) is 13.1. The van der Waals surface area contributed by atoms with Crippen molar-refractivity contribution >= 4 is 65.7 Å². The number of halogens is 3. The van der Waals surface area contributed by atoms with E-state index in [1.165, 1.54) is 61.7 Å². The van der Waals surface area contributed by atoms with Crippen LogP contribution < -0.4 is 25.4 Å². The molecule has 6 heterocycles. The third-order valence-corrected chi connectivity index (χ3v) is 9.62. The van der Waals surface area contributed by atoms with Gasteiger partial charge in [0.1, 0.15) is 12.7 Å². The van der Waals surface area contributed by atoms with Gasteiger partial charge in [0, 0.05) is 58.9 Å². The van der Waals surface area contributed by atoms with E-state index in [-0.39, 0.29) is 19.5 Å². The molecule has 7 rings (SSSR count). The summed E-state index contributed by atoms with van der Waals surface area (Å²) in [7, 11) is 3.01. The molecule has 0 spiro atoms. The number of hydrogen-bond donors (Lipinski definition) is 3. The van der Waals surface area contributed by atoms with Crippen molar-refractivity contribution in [1.29, 1.82) is 0 Å². The molecule has 2 aliphatic rings. The molecule has 0 aliphatic carbocycles. The topological polar surface area (TPSA) is 176 Å². The van der Waals surface area contributed by atoms with Crippen LogP contribution in [0.2, 0.25) is 0 Å². The highest BCUT2D eigenvalue weighted by Gasteiger charge is 2.31. The first kappa shape index (κ1) is 38.2. The van der Waals surface area contributed by atoms with Crippen molar-refractivity contribution in [3.05, 3.63) is 48.0 Å². The quantitative estimate of drug-likeness (QED) is 0.219. The summed E-state index contributed by atoms with van der Waals surface area (Å²) in [4.78, 5) is 56.3. The van der Waals surface area contributed by atoms with Gasteiger partial charge >= 0.3 is 18.2 Å². The molecule has 2 fully saturated rings. The molecule has 0 radical (unpaired) electrons. The van der Waals surface area contributed by atoms with Crippen molar-refractivity contribution in [2.75, 3.05) is 77.2 Å². The third kappa shape index (κ3) is 9.26. The molecular formula is C31H37F3N12O4S2. The Morgan fingerprint density at radius 2 is 1.33 bits per heavy atom. The number of aromatic nitrogens is 6. The van der Waals surface area contributed by atoms with Gasteiger partial charge in [0.25, 0.3) is 0 Å². The fourth-order valence-corrected chi connectivity index (χ4v) is 6.87. The number of hydrogen-bond acceptors (Lipinski definition) is 14. The highest BCUT2D eigenvalue weighted by Crippen LogP contribution is 2.31. The van der Waals surface area contributed by atoms with Crippen molar-refractivity contribution in [2.24, 2.45) is 0 Å². The van der Waals surface area contributed by atoms with Crippen molar-refractivity contribution in [2.45, 2.75) is 20.1 Å². The number of amides is 4. The van der Waals surface area contributed by atoms with Gasteiger partial charge in [-0.3, -0.25) is 15.5 Å². The number of ether oxygens (including phenoxy) is 2. The van der Waals surface area contributed by atoms with Gasteiger partial charge in [-0.2, -0.15) is 23.1 Å². The number of thiazole rings is 2. The number of fused-ring (bicyclic) bond motifs is 2. The number of carbonyl (C=O) groups excluding carboxylic acids is 2. The van der Waals surface area contributed by atoms with Crippen molar-refractivity contribution in [3.63, 3.8) is 0 Å². The predicted molar refractivity (Wildman–Crippen MR) is 191 cm³/mol. The van der Waals surface area contributed by atoms with Crippen LogP contribution in [0.5, 0.6) is 11.8 Å². The van der Waals surface area contributed by atoms with Crippen molar-refractivity contribution in [3.8, 4) is 11.8 Å². The maximum Gasteiger partial charge on any atom is 0.416 e. The van der Waals surface area contributed by atoms with E-state index in [0.29, 0.717) is 94.1 Å². The fraction of sp³-hybridized carbons (Fsp3) is 0.419. The van der Waals surface area contributed by atoms with Crippen LogP contribution in [0, 0.1) is 0 Å². The second kappa shape index (κ2) is 17.0. The molecule has 0 atom stereocenters. The molecule has 2 aliphatic heterocycles. The number of urea groups is 2. The molecule has 16 nitrogen and oxygen atoms in total. The highest BCUT2D eigenvalue weighted by atomic mass is 32.1. The molecule has 0 saturated carbocycles. The molecule has 5 aromatic rings. The SMILES string of the molecule is C.COc1ncnc2sc(NC(=O)N3CCN(Cc4cccc(C(F)(F)F)c4)CC3)nc12.COc1ncnc2sc(NC(=O)N3CCNCC3)nc12. The minimum absolute atomic E-state index is 0. The minimum atomic E-state index is -4.36. The number of alkyl halides is 3. The number of anilines is 2. The van der Waals surface area contributed by atoms with E-state index < -0.39 is 11.7 Å². The standard InChI is InChI=1S/C19H19F3N6O2S.C11H14N6O2S.CH4/c1-30-15-14-16(24-11-23-15)31-17(25-14)26-18(29)28-7-5-27(6-8-28)10-12-3-2-4-13(9-12)19(20,21)22;1-19-8-7-9(14-6-13-8)20-10(15-7)16-11(18)17-4-2-12-3-5-17;/h2-4,9,11H,5-8,10H2,1H3,(H,25,26,29);6,12H,2-5H2,1H3,(H,15,16,18);1H4. The summed E-state index contributed by atoms with van der Waals surface area (Å²) in [6, 6.07) is 4.90. The van der Waals surface area contributed by atoms with Crippen molar-refractivity contribution in [1.82, 2.24) is 49.9 Å². The van der Waals surface area contributed by atoms with Crippen LogP contribution in [0.1, 0.15) is 18.6 Å². The smallest absolute Gasteiger partial charge is 0.416 e. The Hall–Kier alpha value is -4.99. The lowest BCUT2D eigenvalue weighted by Crippen LogP contribution is -2.49. The van der Waals surface area contributed by atoms with E-state index in [1.807, 2.05) is 4.90 Å². The number of methoxy groups -OCH3 is 2. The number of piperazine rings is 2. The number of carbonyl (C=O) groups is 2. The van der Waals surface area contributed by atoms with E-state index in [9.17, 15) is 22.8 Å². The Labute approximate surface area is 304 Å². The summed E-state index contributed by atoms with van der Waals surface area (Å²) in [5.41, 5.74) is 0.990. The van der Waals surface area contributed by atoms with Gasteiger partial charge in [-0.25, -0.2) is 29.5 Å². The van der Waals surface area contributed by atoms with E-state index >= 15 is 0 Å². The van der Waals surface area contributed by atoms with E-state index in [2.05, 4.69) is 45.9 Å². The Morgan fingerprint density at radius 1 is 0.808 bits per heavy atom. The Morgan fingerprint density at radius 3 is 1.83 bits per heavy atom. The predicted octanol–water partition coefficient (Wildman–Crippen LogP) is 4.63. The maximum absolute atomic E-state index is 12.9. The van der Waals surface area contributed by atoms with Crippen molar-refractivity contribution < 1.29 is 32.2 Å². The molecule has 278 valence electrons.